The maximum absolute atomic E-state index is 11.9. The number of nitrogens with zero attached hydrogens (tertiary/aromatic N) is 1. The van der Waals surface area contributed by atoms with Gasteiger partial charge in [0.05, 0.1) is 0 Å². The van der Waals surface area contributed by atoms with Crippen molar-refractivity contribution in [3.63, 3.8) is 0 Å². The van der Waals surface area contributed by atoms with Crippen LogP contribution in [0.2, 0.25) is 0 Å². The quantitative estimate of drug-likeness (QED) is 0.883. The first-order valence-electron chi connectivity index (χ1n) is 7.73. The predicted molar refractivity (Wildman–Crippen MR) is 90.8 cm³/mol. The second kappa shape index (κ2) is 6.65. The number of aryl methyl sites for hydroxylation is 2. The molecule has 2 aromatic rings. The van der Waals surface area contributed by atoms with E-state index in [1.165, 1.54) is 11.1 Å². The Labute approximate surface area is 136 Å². The topological polar surface area (TPSA) is 50.7 Å². The maximum atomic E-state index is 11.9. The van der Waals surface area contributed by atoms with Gasteiger partial charge >= 0.3 is 0 Å². The normalized spacial score (nSPS) is 12.7. The number of carbonyl (C=O) groups excluding carboxylic acids is 1. The number of carbonyl (C=O) groups is 1. The number of amides is 1. The van der Waals surface area contributed by atoms with Crippen LogP contribution in [0.25, 0.3) is 0 Å². The van der Waals surface area contributed by atoms with Crippen LogP contribution in [0.1, 0.15) is 22.3 Å². The number of hydrazone groups is 1. The Morgan fingerprint density at radius 1 is 1.13 bits per heavy atom. The fourth-order valence-electron chi connectivity index (χ4n) is 2.66. The van der Waals surface area contributed by atoms with Crippen molar-refractivity contribution < 1.29 is 9.53 Å². The van der Waals surface area contributed by atoms with E-state index in [0.29, 0.717) is 0 Å². The summed E-state index contributed by atoms with van der Waals surface area (Å²) < 4.78 is 5.58. The summed E-state index contributed by atoms with van der Waals surface area (Å²) in [6.07, 6.45) is 1.60. The molecule has 2 aromatic carbocycles. The van der Waals surface area contributed by atoms with Crippen LogP contribution in [-0.2, 0) is 17.6 Å². The average molecular weight is 308 g/mol. The molecule has 0 saturated heterocycles. The van der Waals surface area contributed by atoms with Crippen LogP contribution in [0, 0.1) is 13.8 Å². The van der Waals surface area contributed by atoms with Crippen LogP contribution in [0.4, 0.5) is 0 Å². The lowest BCUT2D eigenvalue weighted by Gasteiger charge is -2.09. The third-order valence-electron chi connectivity index (χ3n) is 3.95. The van der Waals surface area contributed by atoms with Gasteiger partial charge in [0, 0.05) is 18.6 Å². The summed E-state index contributed by atoms with van der Waals surface area (Å²) in [6, 6.07) is 14.2. The Morgan fingerprint density at radius 3 is 2.52 bits per heavy atom. The lowest BCUT2D eigenvalue weighted by atomic mass is 10.1. The molecule has 118 valence electrons. The Morgan fingerprint density at radius 2 is 1.83 bits per heavy atom. The van der Waals surface area contributed by atoms with E-state index in [-0.39, 0.29) is 12.5 Å². The molecule has 0 heterocycles. The fourth-order valence-corrected chi connectivity index (χ4v) is 2.66. The maximum Gasteiger partial charge on any atom is 0.277 e. The van der Waals surface area contributed by atoms with Gasteiger partial charge in [-0.1, -0.05) is 36.4 Å². The molecule has 23 heavy (non-hydrogen) atoms. The molecular weight excluding hydrogens is 288 g/mol. The molecule has 0 spiro atoms. The summed E-state index contributed by atoms with van der Waals surface area (Å²) in [4.78, 5) is 11.9. The highest BCUT2D eigenvalue weighted by Gasteiger charge is 2.16. The van der Waals surface area contributed by atoms with Gasteiger partial charge in [-0.05, 0) is 42.2 Å². The minimum Gasteiger partial charge on any atom is -0.483 e. The van der Waals surface area contributed by atoms with Gasteiger partial charge < -0.3 is 4.74 Å². The molecule has 3 rings (SSSR count). The van der Waals surface area contributed by atoms with E-state index in [0.717, 1.165) is 35.4 Å². The molecule has 1 aliphatic carbocycles. The van der Waals surface area contributed by atoms with Crippen LogP contribution < -0.4 is 10.2 Å². The molecule has 0 atom stereocenters. The second-order valence-electron chi connectivity index (χ2n) is 5.89. The molecule has 1 amide bonds. The molecule has 1 aliphatic rings. The molecule has 0 fully saturated rings. The van der Waals surface area contributed by atoms with Gasteiger partial charge in [-0.3, -0.25) is 4.79 Å². The zero-order chi connectivity index (χ0) is 16.2. The predicted octanol–water partition coefficient (Wildman–Crippen LogP) is 2.95. The molecule has 0 aromatic heterocycles. The number of hydrogen-bond acceptors (Lipinski definition) is 3. The third-order valence-corrected chi connectivity index (χ3v) is 3.95. The first kappa shape index (κ1) is 15.3. The minimum atomic E-state index is -0.241. The monoisotopic (exact) mass is 308 g/mol. The number of fused-ring (bicyclic) bond motifs is 1. The highest BCUT2D eigenvalue weighted by molar-refractivity contribution is 5.93. The van der Waals surface area contributed by atoms with Crippen LogP contribution in [0.15, 0.2) is 47.6 Å². The molecule has 0 unspecified atom stereocenters. The number of rotatable bonds is 4. The number of nitrogens with one attached hydrogen (secondary N) is 1. The van der Waals surface area contributed by atoms with E-state index in [1.54, 1.807) is 0 Å². The molecule has 0 aliphatic heterocycles. The van der Waals surface area contributed by atoms with E-state index in [1.807, 2.05) is 44.2 Å². The van der Waals surface area contributed by atoms with Crippen molar-refractivity contribution >= 4 is 11.6 Å². The van der Waals surface area contributed by atoms with Crippen molar-refractivity contribution in [3.8, 4) is 5.75 Å². The van der Waals surface area contributed by atoms with Crippen molar-refractivity contribution in [3.05, 3.63) is 64.7 Å². The first-order valence-corrected chi connectivity index (χ1v) is 7.73. The molecule has 4 heteroatoms. The lowest BCUT2D eigenvalue weighted by molar-refractivity contribution is -0.123. The summed E-state index contributed by atoms with van der Waals surface area (Å²) in [5, 5.41) is 4.23. The SMILES string of the molecule is Cc1ccc(C)c(OCC(=O)NN=C2Cc3ccccc3C2)c1. The van der Waals surface area contributed by atoms with Crippen molar-refractivity contribution in [2.75, 3.05) is 6.61 Å². The van der Waals surface area contributed by atoms with Gasteiger partial charge in [-0.2, -0.15) is 5.10 Å². The van der Waals surface area contributed by atoms with Gasteiger partial charge in [-0.25, -0.2) is 5.43 Å². The number of hydrogen-bond donors (Lipinski definition) is 1. The molecule has 0 saturated carbocycles. The van der Waals surface area contributed by atoms with Gasteiger partial charge in [0.25, 0.3) is 5.91 Å². The summed E-state index contributed by atoms with van der Waals surface area (Å²) in [5.74, 6) is 0.496. The fraction of sp³-hybridized carbons (Fsp3) is 0.263. The molecule has 4 nitrogen and oxygen atoms in total. The van der Waals surface area contributed by atoms with Crippen molar-refractivity contribution in [2.45, 2.75) is 26.7 Å². The summed E-state index contributed by atoms with van der Waals surface area (Å²) in [6.45, 7) is 3.92. The highest BCUT2D eigenvalue weighted by atomic mass is 16.5. The first-order chi connectivity index (χ1) is 11.1. The number of ether oxygens (including phenoxy) is 1. The van der Waals surface area contributed by atoms with Gasteiger partial charge in [-0.15, -0.1) is 0 Å². The van der Waals surface area contributed by atoms with E-state index >= 15 is 0 Å². The van der Waals surface area contributed by atoms with Crippen LogP contribution in [-0.4, -0.2) is 18.2 Å². The van der Waals surface area contributed by atoms with Gasteiger partial charge in [0.1, 0.15) is 5.75 Å². The van der Waals surface area contributed by atoms with E-state index in [9.17, 15) is 4.79 Å². The van der Waals surface area contributed by atoms with Gasteiger partial charge in [0.2, 0.25) is 0 Å². The third kappa shape index (κ3) is 3.77. The molecule has 0 radical (unpaired) electrons. The van der Waals surface area contributed by atoms with Crippen molar-refractivity contribution in [1.29, 1.82) is 0 Å². The van der Waals surface area contributed by atoms with E-state index < -0.39 is 0 Å². The van der Waals surface area contributed by atoms with Crippen molar-refractivity contribution in [2.24, 2.45) is 5.10 Å². The van der Waals surface area contributed by atoms with E-state index in [2.05, 4.69) is 22.7 Å². The standard InChI is InChI=1S/C19H20N2O2/c1-13-7-8-14(2)18(9-13)23-12-19(22)21-20-17-10-15-5-3-4-6-16(15)11-17/h3-9H,10-12H2,1-2H3,(H,21,22). The molecule has 1 N–H and O–H groups in total. The van der Waals surface area contributed by atoms with Gasteiger partial charge in [0.15, 0.2) is 6.61 Å². The molecule has 0 bridgehead atoms. The van der Waals surface area contributed by atoms with E-state index in [4.69, 9.17) is 4.74 Å². The second-order valence-corrected chi connectivity index (χ2v) is 5.89. The summed E-state index contributed by atoms with van der Waals surface area (Å²) >= 11 is 0. The Hall–Kier alpha value is -2.62. The van der Waals surface area contributed by atoms with Crippen LogP contribution in [0.3, 0.4) is 0 Å². The Kier molecular flexibility index (Phi) is 4.42. The minimum absolute atomic E-state index is 0.0337. The molecular formula is C19H20N2O2. The van der Waals surface area contributed by atoms with Crippen LogP contribution in [0.5, 0.6) is 5.75 Å². The highest BCUT2D eigenvalue weighted by Crippen LogP contribution is 2.20. The average Bonchev–Trinajstić information content (AvgIpc) is 2.96. The summed E-state index contributed by atoms with van der Waals surface area (Å²) in [7, 11) is 0. The lowest BCUT2D eigenvalue weighted by Crippen LogP contribution is -2.26. The van der Waals surface area contributed by atoms with Crippen LogP contribution >= 0.6 is 0 Å². The Bertz CT molecular complexity index is 739. The summed E-state index contributed by atoms with van der Waals surface area (Å²) in [5.41, 5.74) is 8.26. The smallest absolute Gasteiger partial charge is 0.277 e. The number of benzene rings is 2. The van der Waals surface area contributed by atoms with Crippen molar-refractivity contribution in [1.82, 2.24) is 5.43 Å². The largest absolute Gasteiger partial charge is 0.483 e. The Balaban J connectivity index is 1.53. The zero-order valence-electron chi connectivity index (χ0n) is 13.4. The zero-order valence-corrected chi connectivity index (χ0v) is 13.4.